The van der Waals surface area contributed by atoms with Crippen molar-refractivity contribution in [2.24, 2.45) is 0 Å². The number of hydrogen-bond acceptors (Lipinski definition) is 4. The fraction of sp³-hybridized carbons (Fsp3) is 0.263. The lowest BCUT2D eigenvalue weighted by Crippen LogP contribution is -2.31. The Morgan fingerprint density at radius 1 is 1.28 bits per heavy atom. The summed E-state index contributed by atoms with van der Waals surface area (Å²) in [5.41, 5.74) is 2.86. The van der Waals surface area contributed by atoms with E-state index in [2.05, 4.69) is 15.3 Å². The third kappa shape index (κ3) is 4.33. The number of benzene rings is 2. The van der Waals surface area contributed by atoms with Crippen LogP contribution in [0, 0.1) is 0 Å². The zero-order chi connectivity index (χ0) is 17.6. The Labute approximate surface area is 151 Å². The van der Waals surface area contributed by atoms with Crippen LogP contribution >= 0.6 is 11.8 Å². The average Bonchev–Trinajstić information content (AvgIpc) is 3.06. The number of imidazole rings is 1. The molecule has 3 rings (SSSR count). The molecule has 0 saturated carbocycles. The zero-order valence-corrected chi connectivity index (χ0v) is 15.1. The van der Waals surface area contributed by atoms with Gasteiger partial charge in [0.15, 0.2) is 5.16 Å². The van der Waals surface area contributed by atoms with Gasteiger partial charge in [0.2, 0.25) is 5.91 Å². The lowest BCUT2D eigenvalue weighted by Gasteiger charge is -2.13. The largest absolute Gasteiger partial charge is 0.497 e. The first-order valence-electron chi connectivity index (χ1n) is 8.21. The molecule has 1 unspecified atom stereocenters. The number of carbonyl (C=O) groups excluding carboxylic acids is 1. The van der Waals surface area contributed by atoms with E-state index in [0.717, 1.165) is 33.9 Å². The van der Waals surface area contributed by atoms with Crippen LogP contribution in [0.25, 0.3) is 11.0 Å². The Bertz CT molecular complexity index is 848. The van der Waals surface area contributed by atoms with Gasteiger partial charge in [0.05, 0.1) is 23.4 Å². The first-order valence-corrected chi connectivity index (χ1v) is 9.09. The van der Waals surface area contributed by atoms with Crippen LogP contribution in [-0.2, 0) is 11.3 Å². The van der Waals surface area contributed by atoms with Gasteiger partial charge < -0.3 is 15.0 Å². The Balaban J connectivity index is 1.65. The normalized spacial score (nSPS) is 12.1. The molecule has 6 heteroatoms. The maximum atomic E-state index is 12.5. The molecule has 0 aliphatic carbocycles. The van der Waals surface area contributed by atoms with Crippen molar-refractivity contribution < 1.29 is 9.53 Å². The second-order valence-corrected chi connectivity index (χ2v) is 6.83. The molecule has 2 N–H and O–H groups in total. The lowest BCUT2D eigenvalue weighted by atomic mass is 10.2. The molecular weight excluding hydrogens is 334 g/mol. The van der Waals surface area contributed by atoms with Crippen LogP contribution in [0.3, 0.4) is 0 Å². The molecule has 1 heterocycles. The van der Waals surface area contributed by atoms with E-state index < -0.39 is 0 Å². The van der Waals surface area contributed by atoms with Gasteiger partial charge in [0, 0.05) is 12.6 Å². The van der Waals surface area contributed by atoms with Gasteiger partial charge in [0.25, 0.3) is 0 Å². The van der Waals surface area contributed by atoms with Crippen LogP contribution in [0.1, 0.15) is 18.9 Å². The van der Waals surface area contributed by atoms with Gasteiger partial charge in [0.1, 0.15) is 5.75 Å². The number of fused-ring (bicyclic) bond motifs is 1. The summed E-state index contributed by atoms with van der Waals surface area (Å²) in [5.74, 6) is 0.801. The molecule has 0 fully saturated rings. The Hall–Kier alpha value is -2.47. The Morgan fingerprint density at radius 3 is 2.80 bits per heavy atom. The molecule has 0 aliphatic heterocycles. The highest BCUT2D eigenvalue weighted by molar-refractivity contribution is 8.00. The van der Waals surface area contributed by atoms with Gasteiger partial charge in [-0.1, -0.05) is 49.0 Å². The van der Waals surface area contributed by atoms with E-state index in [1.807, 2.05) is 55.5 Å². The van der Waals surface area contributed by atoms with Gasteiger partial charge >= 0.3 is 0 Å². The first-order chi connectivity index (χ1) is 12.2. The van der Waals surface area contributed by atoms with E-state index in [4.69, 9.17) is 4.74 Å². The summed E-state index contributed by atoms with van der Waals surface area (Å²) in [6, 6.07) is 15.6. The van der Waals surface area contributed by atoms with E-state index in [9.17, 15) is 4.79 Å². The van der Waals surface area contributed by atoms with Gasteiger partial charge in [-0.15, -0.1) is 0 Å². The fourth-order valence-electron chi connectivity index (χ4n) is 2.50. The van der Waals surface area contributed by atoms with E-state index in [1.54, 1.807) is 7.11 Å². The lowest BCUT2D eigenvalue weighted by molar-refractivity contribution is -0.120. The summed E-state index contributed by atoms with van der Waals surface area (Å²) >= 11 is 1.45. The number of carbonyl (C=O) groups is 1. The highest BCUT2D eigenvalue weighted by atomic mass is 32.2. The van der Waals surface area contributed by atoms with Crippen LogP contribution < -0.4 is 10.1 Å². The van der Waals surface area contributed by atoms with Crippen molar-refractivity contribution in [2.45, 2.75) is 30.3 Å². The van der Waals surface area contributed by atoms with Gasteiger partial charge in [-0.2, -0.15) is 0 Å². The van der Waals surface area contributed by atoms with Crippen LogP contribution in [0.15, 0.2) is 53.7 Å². The van der Waals surface area contributed by atoms with Crippen LogP contribution in [0.2, 0.25) is 0 Å². The number of hydrogen-bond donors (Lipinski definition) is 2. The number of ether oxygens (including phenoxy) is 1. The number of nitrogens with one attached hydrogen (secondary N) is 2. The smallest absolute Gasteiger partial charge is 0.233 e. The van der Waals surface area contributed by atoms with Gasteiger partial charge in [-0.25, -0.2) is 4.98 Å². The molecule has 3 aromatic rings. The number of H-pyrrole nitrogens is 1. The standard InChI is InChI=1S/C19H21N3O2S/c1-3-17(18(23)20-12-13-7-5-4-6-8-13)25-19-21-15-10-9-14(24-2)11-16(15)22-19/h4-11,17H,3,12H2,1-2H3,(H,20,23)(H,21,22). The zero-order valence-electron chi connectivity index (χ0n) is 14.3. The Morgan fingerprint density at radius 2 is 2.08 bits per heavy atom. The summed E-state index contributed by atoms with van der Waals surface area (Å²) in [5, 5.41) is 3.55. The van der Waals surface area contributed by atoms with Crippen molar-refractivity contribution in [3.63, 3.8) is 0 Å². The Kier molecular flexibility index (Phi) is 5.60. The number of thioether (sulfide) groups is 1. The monoisotopic (exact) mass is 355 g/mol. The van der Waals surface area contributed by atoms with Crippen LogP contribution in [-0.4, -0.2) is 28.2 Å². The predicted octanol–water partition coefficient (Wildman–Crippen LogP) is 3.76. The average molecular weight is 355 g/mol. The summed E-state index contributed by atoms with van der Waals surface area (Å²) in [6.45, 7) is 2.54. The van der Waals surface area contributed by atoms with Crippen molar-refractivity contribution in [1.29, 1.82) is 0 Å². The molecule has 0 saturated heterocycles. The fourth-order valence-corrected chi connectivity index (χ4v) is 3.45. The first kappa shape index (κ1) is 17.4. The van der Waals surface area contributed by atoms with Gasteiger partial charge in [-0.3, -0.25) is 4.79 Å². The van der Waals surface area contributed by atoms with Crippen molar-refractivity contribution in [3.05, 3.63) is 54.1 Å². The molecule has 25 heavy (non-hydrogen) atoms. The van der Waals surface area contributed by atoms with Crippen LogP contribution in [0.5, 0.6) is 5.75 Å². The number of methoxy groups -OCH3 is 1. The van der Waals surface area contributed by atoms with Crippen molar-refractivity contribution >= 4 is 28.7 Å². The minimum Gasteiger partial charge on any atom is -0.497 e. The molecule has 0 radical (unpaired) electrons. The maximum Gasteiger partial charge on any atom is 0.233 e. The SMILES string of the molecule is CCC(Sc1nc2ccc(OC)cc2[nH]1)C(=O)NCc1ccccc1. The van der Waals surface area contributed by atoms with Gasteiger partial charge in [-0.05, 0) is 24.1 Å². The number of amides is 1. The molecule has 1 amide bonds. The van der Waals surface area contributed by atoms with Crippen molar-refractivity contribution in [2.75, 3.05) is 7.11 Å². The topological polar surface area (TPSA) is 67.0 Å². The maximum absolute atomic E-state index is 12.5. The van der Waals surface area contributed by atoms with Crippen molar-refractivity contribution in [1.82, 2.24) is 15.3 Å². The quantitative estimate of drug-likeness (QED) is 0.633. The number of aromatic amines is 1. The summed E-state index contributed by atoms with van der Waals surface area (Å²) in [7, 11) is 1.64. The molecular formula is C19H21N3O2S. The molecule has 0 bridgehead atoms. The molecule has 0 aliphatic rings. The molecule has 130 valence electrons. The van der Waals surface area contributed by atoms with E-state index >= 15 is 0 Å². The molecule has 5 nitrogen and oxygen atoms in total. The van der Waals surface area contributed by atoms with E-state index in [-0.39, 0.29) is 11.2 Å². The summed E-state index contributed by atoms with van der Waals surface area (Å²) in [4.78, 5) is 20.3. The number of aromatic nitrogens is 2. The third-order valence-electron chi connectivity index (χ3n) is 3.89. The minimum atomic E-state index is -0.189. The summed E-state index contributed by atoms with van der Waals surface area (Å²) in [6.07, 6.45) is 0.728. The number of nitrogens with zero attached hydrogens (tertiary/aromatic N) is 1. The third-order valence-corrected chi connectivity index (χ3v) is 5.14. The predicted molar refractivity (Wildman–Crippen MR) is 101 cm³/mol. The molecule has 2 aromatic carbocycles. The van der Waals surface area contributed by atoms with E-state index in [1.165, 1.54) is 11.8 Å². The molecule has 1 aromatic heterocycles. The second kappa shape index (κ2) is 8.07. The molecule has 1 atom stereocenters. The van der Waals surface area contributed by atoms with Crippen LogP contribution in [0.4, 0.5) is 0 Å². The van der Waals surface area contributed by atoms with Crippen molar-refractivity contribution in [3.8, 4) is 5.75 Å². The minimum absolute atomic E-state index is 0.0226. The summed E-state index contributed by atoms with van der Waals surface area (Å²) < 4.78 is 5.23. The number of rotatable bonds is 7. The highest BCUT2D eigenvalue weighted by Gasteiger charge is 2.19. The second-order valence-electron chi connectivity index (χ2n) is 5.64. The molecule has 0 spiro atoms. The van der Waals surface area contributed by atoms with E-state index in [0.29, 0.717) is 6.54 Å². The highest BCUT2D eigenvalue weighted by Crippen LogP contribution is 2.27.